The Balaban J connectivity index is 1.87. The first kappa shape index (κ1) is 37.5. The molecule has 3 fully saturated rings. The number of amides is 5. The molecule has 10 nitrogen and oxygen atoms in total. The SMILES string of the molecule is C#CCCC(NC(=O)C1C2CC(N1C(=O)[C@@H](NC(=O)NC1(CSCC)CCCCC1)C(C)(C)C)C(C)(C)C2)C(=O)C(=O)NCC=C. The molecule has 3 aliphatic rings. The van der Waals surface area contributed by atoms with Crippen molar-refractivity contribution in [2.75, 3.05) is 18.1 Å². The summed E-state index contributed by atoms with van der Waals surface area (Å²) in [6.45, 7) is 15.7. The second kappa shape index (κ2) is 15.7. The van der Waals surface area contributed by atoms with E-state index in [1.165, 1.54) is 6.08 Å². The van der Waals surface area contributed by atoms with Crippen molar-refractivity contribution in [3.8, 4) is 12.3 Å². The van der Waals surface area contributed by atoms with Gasteiger partial charge in [0.25, 0.3) is 5.91 Å². The lowest BCUT2D eigenvalue weighted by atomic mass is 9.79. The van der Waals surface area contributed by atoms with Crippen LogP contribution >= 0.6 is 11.8 Å². The number of hydrogen-bond donors (Lipinski definition) is 4. The first-order chi connectivity index (χ1) is 21.6. The molecular formula is C35H55N5O5S. The average molecular weight is 658 g/mol. The minimum absolute atomic E-state index is 0.0905. The molecule has 0 radical (unpaired) electrons. The Bertz CT molecular complexity index is 1200. The van der Waals surface area contributed by atoms with Gasteiger partial charge in [-0.1, -0.05) is 66.9 Å². The molecule has 1 saturated heterocycles. The average Bonchev–Trinajstić information content (AvgIpc) is 3.52. The van der Waals surface area contributed by atoms with E-state index in [1.54, 1.807) is 4.90 Å². The van der Waals surface area contributed by atoms with Crippen LogP contribution < -0.4 is 21.3 Å². The normalized spacial score (nSPS) is 24.2. The largest absolute Gasteiger partial charge is 0.346 e. The van der Waals surface area contributed by atoms with Crippen molar-refractivity contribution < 1.29 is 24.0 Å². The number of urea groups is 1. The molecule has 4 N–H and O–H groups in total. The number of nitrogens with one attached hydrogen (secondary N) is 4. The van der Waals surface area contributed by atoms with Gasteiger partial charge in [0.2, 0.25) is 17.6 Å². The molecule has 2 bridgehead atoms. The van der Waals surface area contributed by atoms with Gasteiger partial charge < -0.3 is 26.2 Å². The summed E-state index contributed by atoms with van der Waals surface area (Å²) >= 11 is 1.81. The molecule has 5 atom stereocenters. The van der Waals surface area contributed by atoms with Crippen LogP contribution in [0.3, 0.4) is 0 Å². The first-order valence-corrected chi connectivity index (χ1v) is 17.9. The van der Waals surface area contributed by atoms with E-state index in [1.807, 2.05) is 32.5 Å². The maximum atomic E-state index is 14.6. The second-order valence-electron chi connectivity index (χ2n) is 14.9. The zero-order chi connectivity index (χ0) is 34.3. The molecule has 3 rings (SSSR count). The monoisotopic (exact) mass is 657 g/mol. The van der Waals surface area contributed by atoms with Gasteiger partial charge in [0, 0.05) is 24.8 Å². The van der Waals surface area contributed by atoms with Crippen LogP contribution in [-0.4, -0.2) is 82.2 Å². The summed E-state index contributed by atoms with van der Waals surface area (Å²) in [5.41, 5.74) is -1.22. The van der Waals surface area contributed by atoms with Crippen molar-refractivity contribution >= 4 is 41.3 Å². The maximum Gasteiger partial charge on any atom is 0.315 e. The summed E-state index contributed by atoms with van der Waals surface area (Å²) in [4.78, 5) is 69.5. The molecule has 4 unspecified atom stereocenters. The Labute approximate surface area is 279 Å². The van der Waals surface area contributed by atoms with Gasteiger partial charge in [-0.15, -0.1) is 18.9 Å². The van der Waals surface area contributed by atoms with E-state index in [0.717, 1.165) is 50.0 Å². The number of terminal acetylenes is 1. The lowest BCUT2D eigenvalue weighted by molar-refractivity contribution is -0.150. The lowest BCUT2D eigenvalue weighted by Gasteiger charge is -2.46. The van der Waals surface area contributed by atoms with Crippen LogP contribution in [0.2, 0.25) is 0 Å². The molecule has 2 aliphatic carbocycles. The molecule has 0 aromatic carbocycles. The summed E-state index contributed by atoms with van der Waals surface area (Å²) < 4.78 is 0. The molecule has 11 heteroatoms. The van der Waals surface area contributed by atoms with Gasteiger partial charge in [0.15, 0.2) is 0 Å². The minimum atomic E-state index is -1.13. The number of piperidine rings is 1. The molecule has 0 aromatic heterocycles. The smallest absolute Gasteiger partial charge is 0.315 e. The van der Waals surface area contributed by atoms with Crippen LogP contribution in [0.1, 0.15) is 99.3 Å². The van der Waals surface area contributed by atoms with Gasteiger partial charge >= 0.3 is 6.03 Å². The minimum Gasteiger partial charge on any atom is -0.346 e. The fourth-order valence-corrected chi connectivity index (χ4v) is 8.44. The predicted octanol–water partition coefficient (Wildman–Crippen LogP) is 3.94. The third kappa shape index (κ3) is 8.87. The third-order valence-corrected chi connectivity index (χ3v) is 11.0. The fourth-order valence-electron chi connectivity index (χ4n) is 7.48. The van der Waals surface area contributed by atoms with Crippen LogP contribution in [0.25, 0.3) is 0 Å². The van der Waals surface area contributed by atoms with Gasteiger partial charge in [-0.3, -0.25) is 19.2 Å². The van der Waals surface area contributed by atoms with Crippen LogP contribution in [0.4, 0.5) is 4.79 Å². The highest BCUT2D eigenvalue weighted by Crippen LogP contribution is 2.53. The van der Waals surface area contributed by atoms with E-state index in [4.69, 9.17) is 6.42 Å². The van der Waals surface area contributed by atoms with Gasteiger partial charge in [-0.05, 0) is 54.6 Å². The van der Waals surface area contributed by atoms with E-state index in [0.29, 0.717) is 6.42 Å². The number of carbonyl (C=O) groups is 5. The summed E-state index contributed by atoms with van der Waals surface area (Å²) in [5.74, 6) is 1.68. The van der Waals surface area contributed by atoms with Gasteiger partial charge in [-0.2, -0.15) is 11.8 Å². The summed E-state index contributed by atoms with van der Waals surface area (Å²) in [6, 6.07) is -3.48. The molecule has 5 amide bonds. The number of carbonyl (C=O) groups excluding carboxylic acids is 5. The number of rotatable bonds is 14. The highest BCUT2D eigenvalue weighted by molar-refractivity contribution is 7.99. The zero-order valence-electron chi connectivity index (χ0n) is 28.6. The molecule has 0 aromatic rings. The number of nitrogens with zero attached hydrogens (tertiary/aromatic N) is 1. The molecule has 256 valence electrons. The summed E-state index contributed by atoms with van der Waals surface area (Å²) in [5, 5.41) is 11.5. The van der Waals surface area contributed by atoms with Crippen LogP contribution in [0, 0.1) is 29.1 Å². The molecule has 46 heavy (non-hydrogen) atoms. The number of thioether (sulfide) groups is 1. The van der Waals surface area contributed by atoms with Gasteiger partial charge in [-0.25, -0.2) is 4.79 Å². The van der Waals surface area contributed by atoms with Crippen molar-refractivity contribution in [3.63, 3.8) is 0 Å². The van der Waals surface area contributed by atoms with E-state index in [-0.39, 0.29) is 54.2 Å². The standard InChI is InChI=1S/C35H55N5O5S/c1-9-12-16-24(27(41)30(43)36-19-10-2)37-29(42)26-23-20-25(34(7,8)21-23)40(26)31(44)28(33(4,5)6)38-32(45)39-35(22-46-11-3)17-14-13-15-18-35/h1,10,23-26,28H,2,11-22H2,3-8H3,(H,36,43)(H,37,42)(H2,38,39,45)/t23?,24?,25?,26?,28-/m1/s1. The Morgan fingerprint density at radius 2 is 1.78 bits per heavy atom. The Morgan fingerprint density at radius 1 is 1.11 bits per heavy atom. The highest BCUT2D eigenvalue weighted by Gasteiger charge is 2.60. The van der Waals surface area contributed by atoms with Crippen molar-refractivity contribution in [2.45, 2.75) is 129 Å². The van der Waals surface area contributed by atoms with Crippen molar-refractivity contribution in [1.82, 2.24) is 26.2 Å². The number of likely N-dealkylation sites (tertiary alicyclic amines) is 1. The van der Waals surface area contributed by atoms with Crippen molar-refractivity contribution in [3.05, 3.63) is 12.7 Å². The second-order valence-corrected chi connectivity index (χ2v) is 16.2. The number of Topliss-reactive ketones (excluding diaryl/α,β-unsaturated/α-hetero) is 1. The van der Waals surface area contributed by atoms with Crippen LogP contribution in [0.15, 0.2) is 12.7 Å². The predicted molar refractivity (Wildman–Crippen MR) is 183 cm³/mol. The van der Waals surface area contributed by atoms with E-state index < -0.39 is 41.1 Å². The molecular weight excluding hydrogens is 602 g/mol. The number of fused-ring (bicyclic) bond motifs is 2. The molecule has 1 heterocycles. The quantitative estimate of drug-likeness (QED) is 0.127. The number of ketones is 1. The van der Waals surface area contributed by atoms with Gasteiger partial charge in [0.05, 0.1) is 11.6 Å². The van der Waals surface area contributed by atoms with E-state index >= 15 is 0 Å². The van der Waals surface area contributed by atoms with E-state index in [9.17, 15) is 24.0 Å². The summed E-state index contributed by atoms with van der Waals surface area (Å²) in [7, 11) is 0. The Morgan fingerprint density at radius 3 is 2.37 bits per heavy atom. The van der Waals surface area contributed by atoms with Crippen molar-refractivity contribution in [1.29, 1.82) is 0 Å². The summed E-state index contributed by atoms with van der Waals surface area (Å²) in [6.07, 6.45) is 13.6. The maximum absolute atomic E-state index is 14.6. The first-order valence-electron chi connectivity index (χ1n) is 16.8. The molecule has 1 aliphatic heterocycles. The molecule has 0 spiro atoms. The zero-order valence-corrected chi connectivity index (χ0v) is 29.4. The fraction of sp³-hybridized carbons (Fsp3) is 0.743. The number of hydrogen-bond acceptors (Lipinski definition) is 6. The third-order valence-electron chi connectivity index (χ3n) is 9.82. The van der Waals surface area contributed by atoms with Crippen LogP contribution in [0.5, 0.6) is 0 Å². The topological polar surface area (TPSA) is 137 Å². The van der Waals surface area contributed by atoms with Crippen molar-refractivity contribution in [2.24, 2.45) is 16.7 Å². The van der Waals surface area contributed by atoms with Gasteiger partial charge in [0.1, 0.15) is 12.1 Å². The Kier molecular flexibility index (Phi) is 12.8. The molecule has 2 saturated carbocycles. The Hall–Kier alpha value is -3.00. The van der Waals surface area contributed by atoms with E-state index in [2.05, 4.69) is 54.5 Å². The van der Waals surface area contributed by atoms with Crippen LogP contribution in [-0.2, 0) is 19.2 Å². The lowest BCUT2D eigenvalue weighted by Crippen LogP contribution is -2.66. The highest BCUT2D eigenvalue weighted by atomic mass is 32.2.